The topological polar surface area (TPSA) is 15.3 Å². The van der Waals surface area contributed by atoms with Crippen molar-refractivity contribution in [2.24, 2.45) is 0 Å². The summed E-state index contributed by atoms with van der Waals surface area (Å²) in [5.41, 5.74) is 0. The number of nitrogens with one attached hydrogen (secondary N) is 1. The van der Waals surface area contributed by atoms with Crippen molar-refractivity contribution in [3.63, 3.8) is 0 Å². The molecule has 2 aliphatic carbocycles. The van der Waals surface area contributed by atoms with Gasteiger partial charge in [-0.05, 0) is 39.3 Å². The highest BCUT2D eigenvalue weighted by molar-refractivity contribution is 4.89. The van der Waals surface area contributed by atoms with Crippen LogP contribution >= 0.6 is 0 Å². The summed E-state index contributed by atoms with van der Waals surface area (Å²) in [5, 5.41) is 3.62. The van der Waals surface area contributed by atoms with Crippen molar-refractivity contribution in [2.45, 2.75) is 89.3 Å². The molecule has 18 heavy (non-hydrogen) atoms. The Bertz CT molecular complexity index is 223. The van der Waals surface area contributed by atoms with E-state index in [0.29, 0.717) is 0 Å². The quantitative estimate of drug-likeness (QED) is 0.823. The number of hydrogen-bond donors (Lipinski definition) is 1. The van der Waals surface area contributed by atoms with Gasteiger partial charge >= 0.3 is 0 Å². The second-order valence-electron chi connectivity index (χ2n) is 6.22. The van der Waals surface area contributed by atoms with E-state index in [9.17, 15) is 0 Å². The van der Waals surface area contributed by atoms with E-state index in [0.717, 1.165) is 18.1 Å². The molecule has 0 saturated heterocycles. The Morgan fingerprint density at radius 1 is 0.889 bits per heavy atom. The smallest absolute Gasteiger partial charge is 0.0252 e. The van der Waals surface area contributed by atoms with Crippen LogP contribution in [0.2, 0.25) is 0 Å². The van der Waals surface area contributed by atoms with Crippen molar-refractivity contribution < 1.29 is 0 Å². The van der Waals surface area contributed by atoms with Crippen LogP contribution < -0.4 is 5.32 Å². The lowest BCUT2D eigenvalue weighted by Crippen LogP contribution is -2.52. The van der Waals surface area contributed by atoms with Gasteiger partial charge in [0.15, 0.2) is 0 Å². The second-order valence-corrected chi connectivity index (χ2v) is 6.22. The lowest BCUT2D eigenvalue weighted by atomic mass is 9.90. The highest BCUT2D eigenvalue weighted by atomic mass is 15.2. The molecular weight excluding hydrogens is 220 g/mol. The van der Waals surface area contributed by atoms with Gasteiger partial charge in [-0.2, -0.15) is 0 Å². The van der Waals surface area contributed by atoms with Crippen LogP contribution in [0.1, 0.15) is 71.1 Å². The normalized spacial score (nSPS) is 31.5. The fraction of sp³-hybridized carbons (Fsp3) is 1.00. The van der Waals surface area contributed by atoms with Crippen molar-refractivity contribution in [2.75, 3.05) is 13.6 Å². The van der Waals surface area contributed by atoms with E-state index in [1.165, 1.54) is 70.8 Å². The molecule has 0 aromatic rings. The third-order valence-corrected chi connectivity index (χ3v) is 5.19. The molecule has 2 atom stereocenters. The van der Waals surface area contributed by atoms with Crippen molar-refractivity contribution in [1.82, 2.24) is 10.2 Å². The van der Waals surface area contributed by atoms with E-state index in [2.05, 4.69) is 24.2 Å². The van der Waals surface area contributed by atoms with Crippen LogP contribution in [0.25, 0.3) is 0 Å². The predicted molar refractivity (Wildman–Crippen MR) is 79.0 cm³/mol. The van der Waals surface area contributed by atoms with Gasteiger partial charge in [0.1, 0.15) is 0 Å². The molecule has 0 aromatic carbocycles. The van der Waals surface area contributed by atoms with Gasteiger partial charge in [-0.25, -0.2) is 0 Å². The molecule has 0 radical (unpaired) electrons. The summed E-state index contributed by atoms with van der Waals surface area (Å²) in [7, 11) is 2.17. The first-order valence-corrected chi connectivity index (χ1v) is 8.29. The van der Waals surface area contributed by atoms with Gasteiger partial charge in [0.05, 0.1) is 0 Å². The molecule has 0 aliphatic heterocycles. The Morgan fingerprint density at radius 3 is 2.11 bits per heavy atom. The summed E-state index contributed by atoms with van der Waals surface area (Å²) in [4.78, 5) is 2.85. The van der Waals surface area contributed by atoms with Crippen molar-refractivity contribution in [1.29, 1.82) is 0 Å². The summed E-state index contributed by atoms with van der Waals surface area (Å²) in [6, 6.07) is 2.41. The van der Waals surface area contributed by atoms with Gasteiger partial charge in [0.2, 0.25) is 0 Å². The van der Waals surface area contributed by atoms with E-state index in [1.807, 2.05) is 0 Å². The lowest BCUT2D eigenvalue weighted by molar-refractivity contribution is 0.0972. The van der Waals surface area contributed by atoms with E-state index >= 15 is 0 Å². The van der Waals surface area contributed by atoms with E-state index in [1.54, 1.807) is 0 Å². The van der Waals surface area contributed by atoms with Crippen LogP contribution in [0, 0.1) is 0 Å². The zero-order valence-electron chi connectivity index (χ0n) is 12.5. The summed E-state index contributed by atoms with van der Waals surface area (Å²) >= 11 is 0. The first kappa shape index (κ1) is 14.3. The van der Waals surface area contributed by atoms with E-state index in [-0.39, 0.29) is 0 Å². The van der Waals surface area contributed by atoms with Gasteiger partial charge < -0.3 is 5.32 Å². The number of likely N-dealkylation sites (N-methyl/N-ethyl adjacent to an activating group) is 2. The molecule has 2 saturated carbocycles. The number of rotatable bonds is 4. The van der Waals surface area contributed by atoms with E-state index < -0.39 is 0 Å². The van der Waals surface area contributed by atoms with Crippen LogP contribution in [-0.4, -0.2) is 36.6 Å². The molecule has 2 heteroatoms. The molecule has 2 fully saturated rings. The summed E-state index contributed by atoms with van der Waals surface area (Å²) in [6.07, 6.45) is 14.4. The maximum Gasteiger partial charge on any atom is 0.0252 e. The molecule has 0 bridgehead atoms. The molecule has 1 N–H and O–H groups in total. The molecule has 2 rings (SSSR count). The molecule has 2 nitrogen and oxygen atoms in total. The summed E-state index contributed by atoms with van der Waals surface area (Å²) in [6.45, 7) is 3.61. The molecule has 106 valence electrons. The average Bonchev–Trinajstić information content (AvgIpc) is 2.87. The standard InChI is InChI=1S/C16H32N2/c1-3-18(14-10-8-9-11-14)16-13-7-5-4-6-12-15(16)17-2/h14-17H,3-13H2,1-2H3. The highest BCUT2D eigenvalue weighted by Crippen LogP contribution is 2.29. The average molecular weight is 252 g/mol. The minimum Gasteiger partial charge on any atom is -0.315 e. The Labute approximate surface area is 114 Å². The fourth-order valence-electron chi connectivity index (χ4n) is 4.20. The van der Waals surface area contributed by atoms with Gasteiger partial charge in [0, 0.05) is 18.1 Å². The van der Waals surface area contributed by atoms with Gasteiger partial charge in [0.25, 0.3) is 0 Å². The Hall–Kier alpha value is -0.0800. The zero-order valence-corrected chi connectivity index (χ0v) is 12.5. The van der Waals surface area contributed by atoms with Crippen LogP contribution in [0.15, 0.2) is 0 Å². The maximum atomic E-state index is 3.62. The SMILES string of the molecule is CCN(C1CCCC1)C1CCCCCCC1NC. The number of hydrogen-bond acceptors (Lipinski definition) is 2. The monoisotopic (exact) mass is 252 g/mol. The largest absolute Gasteiger partial charge is 0.315 e. The third-order valence-electron chi connectivity index (χ3n) is 5.19. The molecule has 2 aliphatic rings. The second kappa shape index (κ2) is 7.49. The molecule has 0 aromatic heterocycles. The van der Waals surface area contributed by atoms with Gasteiger partial charge in [-0.15, -0.1) is 0 Å². The first-order valence-electron chi connectivity index (χ1n) is 8.29. The lowest BCUT2D eigenvalue weighted by Gasteiger charge is -2.41. The molecule has 0 heterocycles. The van der Waals surface area contributed by atoms with Crippen molar-refractivity contribution in [3.8, 4) is 0 Å². The maximum absolute atomic E-state index is 3.62. The van der Waals surface area contributed by atoms with Crippen LogP contribution in [0.4, 0.5) is 0 Å². The fourth-order valence-corrected chi connectivity index (χ4v) is 4.20. The third kappa shape index (κ3) is 3.48. The zero-order chi connectivity index (χ0) is 12.8. The summed E-state index contributed by atoms with van der Waals surface area (Å²) in [5.74, 6) is 0. The molecule has 0 spiro atoms. The van der Waals surface area contributed by atoms with Crippen LogP contribution in [0.5, 0.6) is 0 Å². The van der Waals surface area contributed by atoms with E-state index in [4.69, 9.17) is 0 Å². The van der Waals surface area contributed by atoms with Crippen LogP contribution in [-0.2, 0) is 0 Å². The van der Waals surface area contributed by atoms with Crippen molar-refractivity contribution in [3.05, 3.63) is 0 Å². The van der Waals surface area contributed by atoms with Gasteiger partial charge in [-0.1, -0.05) is 45.4 Å². The van der Waals surface area contributed by atoms with Crippen molar-refractivity contribution >= 4 is 0 Å². The molecular formula is C16H32N2. The first-order chi connectivity index (χ1) is 8.86. The predicted octanol–water partition coefficient (Wildman–Crippen LogP) is 3.56. The number of nitrogens with zero attached hydrogens (tertiary/aromatic N) is 1. The molecule has 0 amide bonds. The van der Waals surface area contributed by atoms with Gasteiger partial charge in [-0.3, -0.25) is 4.90 Å². The minimum atomic E-state index is 0.728. The minimum absolute atomic E-state index is 0.728. The van der Waals surface area contributed by atoms with Crippen LogP contribution in [0.3, 0.4) is 0 Å². The Balaban J connectivity index is 2.03. The summed E-state index contributed by atoms with van der Waals surface area (Å²) < 4.78 is 0. The highest BCUT2D eigenvalue weighted by Gasteiger charge is 2.32. The Kier molecular flexibility index (Phi) is 5.97. The molecule has 2 unspecified atom stereocenters. The Morgan fingerprint density at radius 2 is 1.50 bits per heavy atom.